The predicted molar refractivity (Wildman–Crippen MR) is 250 cm³/mol. The molecule has 5 amide bonds. The Labute approximate surface area is 393 Å². The Kier molecular flexibility index (Phi) is 26.1. The van der Waals surface area contributed by atoms with Crippen molar-refractivity contribution in [2.45, 2.75) is 123 Å². The lowest BCUT2D eigenvalue weighted by Gasteiger charge is -2.41. The lowest BCUT2D eigenvalue weighted by Crippen LogP contribution is -2.60. The maximum Gasteiger partial charge on any atom is 0.328 e. The van der Waals surface area contributed by atoms with E-state index < -0.39 is 72.0 Å². The molecule has 1 heterocycles. The van der Waals surface area contributed by atoms with E-state index in [1.54, 1.807) is 23.8 Å². The van der Waals surface area contributed by atoms with Crippen molar-refractivity contribution >= 4 is 35.5 Å². The summed E-state index contributed by atoms with van der Waals surface area (Å²) < 4.78 is 33.1. The molecule has 1 aromatic carbocycles. The monoisotopic (exact) mass is 930 g/mol. The smallest absolute Gasteiger partial charge is 0.328 e. The second-order valence-corrected chi connectivity index (χ2v) is 17.7. The molecule has 0 aliphatic carbocycles. The summed E-state index contributed by atoms with van der Waals surface area (Å²) in [6.07, 6.45) is 5.86. The Morgan fingerprint density at radius 3 is 2.03 bits per heavy atom. The minimum atomic E-state index is -0.963. The predicted octanol–water partition coefficient (Wildman–Crippen LogP) is 3.11. The zero-order valence-corrected chi connectivity index (χ0v) is 41.5. The summed E-state index contributed by atoms with van der Waals surface area (Å²) in [4.78, 5) is 87.3. The Bertz CT molecular complexity index is 1710. The van der Waals surface area contributed by atoms with Crippen molar-refractivity contribution in [3.05, 3.63) is 35.9 Å². The van der Waals surface area contributed by atoms with Crippen LogP contribution in [0.2, 0.25) is 0 Å². The highest BCUT2D eigenvalue weighted by molar-refractivity contribution is 5.92. The first-order valence-corrected chi connectivity index (χ1v) is 23.2. The lowest BCUT2D eigenvalue weighted by atomic mass is 9.89. The number of carbonyl (C=O) groups excluding carboxylic acids is 6. The SMILES string of the molecule is C#CCOCCOCCOCC(=O)N(C)[C@H](C(=O)N[C@H](C(=O)N(C)[C@@H]([C@@H](C)CC)[C@@H](CC(=O)N1CCC[C@H]1[C@H](OC)[C@@H](C)C(=O)N[C@@H](Cc1ccccc1)C(=O)OC)OC)C(C)C)C(C)C. The van der Waals surface area contributed by atoms with Gasteiger partial charge in [-0.05, 0) is 36.2 Å². The number of methoxy groups -OCH3 is 3. The number of terminal acetylenes is 1. The van der Waals surface area contributed by atoms with Crippen LogP contribution in [0.3, 0.4) is 0 Å². The molecule has 1 fully saturated rings. The normalized spacial score (nSPS) is 17.4. The number of amides is 5. The molecule has 0 spiro atoms. The van der Waals surface area contributed by atoms with Gasteiger partial charge in [0, 0.05) is 41.3 Å². The maximum atomic E-state index is 14.5. The molecule has 0 unspecified atom stereocenters. The van der Waals surface area contributed by atoms with Gasteiger partial charge < -0.3 is 53.8 Å². The van der Waals surface area contributed by atoms with Crippen LogP contribution in [0.15, 0.2) is 30.3 Å². The van der Waals surface area contributed by atoms with Crippen molar-refractivity contribution in [2.24, 2.45) is 23.7 Å². The molecule has 2 N–H and O–H groups in total. The number of nitrogens with one attached hydrogen (secondary N) is 2. The minimum Gasteiger partial charge on any atom is -0.467 e. The standard InChI is InChI=1S/C49H79N5O12/c1-14-24-64-25-26-65-27-28-66-31-41(56)52(9)43(33(5)6)47(58)51-42(32(3)4)48(59)53(10)44(34(7)15-2)39(61-11)30-40(55)54-23-19-22-38(54)45(62-12)35(8)46(57)50-37(49(60)63-13)29-36-20-17-16-18-21-36/h1,16-18,20-21,32-35,37-39,42-45H,15,19,22-31H2,2-13H3,(H,50,57)(H,51,58)/t34-,35+,37-,38-,39+,42-,43-,44-,45+/m0/s1. The molecule has 1 aromatic rings. The highest BCUT2D eigenvalue weighted by atomic mass is 16.5. The van der Waals surface area contributed by atoms with Gasteiger partial charge >= 0.3 is 5.97 Å². The number of ether oxygens (including phenoxy) is 6. The summed E-state index contributed by atoms with van der Waals surface area (Å²) in [6.45, 7) is 14.5. The molecule has 1 aliphatic rings. The summed E-state index contributed by atoms with van der Waals surface area (Å²) in [7, 11) is 7.50. The molecule has 0 bridgehead atoms. The molecular weight excluding hydrogens is 851 g/mol. The van der Waals surface area contributed by atoms with Crippen LogP contribution in [0.1, 0.15) is 79.7 Å². The van der Waals surface area contributed by atoms with Gasteiger partial charge in [0.05, 0.1) is 70.2 Å². The summed E-state index contributed by atoms with van der Waals surface area (Å²) in [5.41, 5.74) is 0.856. The Balaban J connectivity index is 2.21. The fraction of sp³-hybridized carbons (Fsp3) is 0.714. The summed E-state index contributed by atoms with van der Waals surface area (Å²) in [6, 6.07) is 5.52. The second-order valence-electron chi connectivity index (χ2n) is 17.7. The van der Waals surface area contributed by atoms with Crippen molar-refractivity contribution in [1.29, 1.82) is 0 Å². The van der Waals surface area contributed by atoms with Gasteiger partial charge in [-0.25, -0.2) is 4.79 Å². The van der Waals surface area contributed by atoms with Gasteiger partial charge in [0.2, 0.25) is 29.5 Å². The molecule has 17 heteroatoms. The van der Waals surface area contributed by atoms with Gasteiger partial charge in [-0.3, -0.25) is 24.0 Å². The van der Waals surface area contributed by atoms with Crippen LogP contribution in [0.5, 0.6) is 0 Å². The van der Waals surface area contributed by atoms with Gasteiger partial charge in [0.15, 0.2) is 0 Å². The number of likely N-dealkylation sites (N-methyl/N-ethyl adjacent to an activating group) is 2. The third kappa shape index (κ3) is 17.2. The lowest BCUT2D eigenvalue weighted by molar-refractivity contribution is -0.149. The fourth-order valence-electron chi connectivity index (χ4n) is 8.58. The molecule has 1 saturated heterocycles. The molecule has 0 aromatic heterocycles. The van der Waals surface area contributed by atoms with E-state index in [1.165, 1.54) is 33.3 Å². The van der Waals surface area contributed by atoms with Gasteiger partial charge in [0.25, 0.3) is 0 Å². The van der Waals surface area contributed by atoms with Crippen LogP contribution in [-0.2, 0) is 63.6 Å². The Morgan fingerprint density at radius 1 is 0.833 bits per heavy atom. The fourth-order valence-corrected chi connectivity index (χ4v) is 8.58. The van der Waals surface area contributed by atoms with Crippen LogP contribution in [0, 0.1) is 36.0 Å². The van der Waals surface area contributed by atoms with Crippen molar-refractivity contribution < 1.29 is 57.2 Å². The largest absolute Gasteiger partial charge is 0.467 e. The summed E-state index contributed by atoms with van der Waals surface area (Å²) in [5.74, 6) is -1.57. The highest BCUT2D eigenvalue weighted by Gasteiger charge is 2.44. The number of carbonyl (C=O) groups is 6. The first kappa shape index (κ1) is 57.5. The average molecular weight is 930 g/mol. The van der Waals surface area contributed by atoms with Crippen LogP contribution in [-0.4, -0.2) is 174 Å². The molecule has 1 aliphatic heterocycles. The van der Waals surface area contributed by atoms with E-state index in [-0.39, 0.29) is 68.8 Å². The van der Waals surface area contributed by atoms with E-state index in [0.29, 0.717) is 39.0 Å². The van der Waals surface area contributed by atoms with Gasteiger partial charge in [0.1, 0.15) is 31.3 Å². The van der Waals surface area contributed by atoms with Crippen molar-refractivity contribution in [2.75, 3.05) is 81.6 Å². The first-order chi connectivity index (χ1) is 31.4. The third-order valence-corrected chi connectivity index (χ3v) is 12.4. The Morgan fingerprint density at radius 2 is 1.47 bits per heavy atom. The molecule has 372 valence electrons. The van der Waals surface area contributed by atoms with Gasteiger partial charge in [-0.2, -0.15) is 0 Å². The number of benzene rings is 1. The molecule has 9 atom stereocenters. The second kappa shape index (κ2) is 29.9. The molecule has 17 nitrogen and oxygen atoms in total. The maximum absolute atomic E-state index is 14.5. The number of nitrogens with zero attached hydrogens (tertiary/aromatic N) is 3. The highest BCUT2D eigenvalue weighted by Crippen LogP contribution is 2.30. The Hall–Kier alpha value is -4.60. The van der Waals surface area contributed by atoms with E-state index in [2.05, 4.69) is 16.6 Å². The third-order valence-electron chi connectivity index (χ3n) is 12.4. The molecule has 0 saturated carbocycles. The average Bonchev–Trinajstić information content (AvgIpc) is 3.79. The summed E-state index contributed by atoms with van der Waals surface area (Å²) in [5, 5.41) is 5.81. The van der Waals surface area contributed by atoms with Crippen molar-refractivity contribution in [3.63, 3.8) is 0 Å². The zero-order valence-electron chi connectivity index (χ0n) is 41.5. The van der Waals surface area contributed by atoms with E-state index >= 15 is 0 Å². The van der Waals surface area contributed by atoms with E-state index in [9.17, 15) is 28.8 Å². The van der Waals surface area contributed by atoms with Crippen LogP contribution in [0.4, 0.5) is 0 Å². The number of hydrogen-bond acceptors (Lipinski definition) is 12. The van der Waals surface area contributed by atoms with E-state index in [1.807, 2.05) is 71.9 Å². The van der Waals surface area contributed by atoms with Gasteiger partial charge in [-0.15, -0.1) is 6.42 Å². The number of hydrogen-bond donors (Lipinski definition) is 2. The summed E-state index contributed by atoms with van der Waals surface area (Å²) >= 11 is 0. The van der Waals surface area contributed by atoms with Crippen LogP contribution in [0.25, 0.3) is 0 Å². The van der Waals surface area contributed by atoms with Crippen LogP contribution < -0.4 is 10.6 Å². The van der Waals surface area contributed by atoms with Crippen LogP contribution >= 0.6 is 0 Å². The molecule has 2 rings (SSSR count). The molecular formula is C49H79N5O12. The zero-order chi connectivity index (χ0) is 49.5. The quantitative estimate of drug-likeness (QED) is 0.0653. The number of rotatable bonds is 30. The number of esters is 1. The minimum absolute atomic E-state index is 0.0612. The van der Waals surface area contributed by atoms with Gasteiger partial charge in [-0.1, -0.05) is 91.1 Å². The number of likely N-dealkylation sites (tertiary alicyclic amines) is 1. The van der Waals surface area contributed by atoms with Crippen molar-refractivity contribution in [3.8, 4) is 12.3 Å². The van der Waals surface area contributed by atoms with E-state index in [4.69, 9.17) is 34.8 Å². The first-order valence-electron chi connectivity index (χ1n) is 23.2. The molecule has 0 radical (unpaired) electrons. The van der Waals surface area contributed by atoms with E-state index in [0.717, 1.165) is 5.56 Å². The van der Waals surface area contributed by atoms with Crippen molar-refractivity contribution in [1.82, 2.24) is 25.3 Å². The topological polar surface area (TPSA) is 192 Å². The molecule has 66 heavy (non-hydrogen) atoms.